The van der Waals surface area contributed by atoms with E-state index < -0.39 is 0 Å². The minimum absolute atomic E-state index is 0.000643. The largest absolute Gasteiger partial charge is 0.349 e. The number of carbonyl (C=O) groups excluding carboxylic acids is 1. The van der Waals surface area contributed by atoms with Crippen LogP contribution in [0.25, 0.3) is 5.69 Å². The summed E-state index contributed by atoms with van der Waals surface area (Å²) in [5.74, 6) is 0.605. The fourth-order valence-electron chi connectivity index (χ4n) is 3.90. The number of rotatable bonds is 4. The van der Waals surface area contributed by atoms with E-state index >= 15 is 0 Å². The topological polar surface area (TPSA) is 88.8 Å². The van der Waals surface area contributed by atoms with E-state index in [1.807, 2.05) is 49.1 Å². The number of anilines is 1. The molecule has 2 aromatic heterocycles. The van der Waals surface area contributed by atoms with Crippen LogP contribution in [0.15, 0.2) is 42.7 Å². The summed E-state index contributed by atoms with van der Waals surface area (Å²) in [5.41, 5.74) is 3.13. The van der Waals surface area contributed by atoms with Gasteiger partial charge in [-0.25, -0.2) is 9.97 Å². The number of piperidine rings is 1. The van der Waals surface area contributed by atoms with Crippen molar-refractivity contribution >= 4 is 11.9 Å². The Bertz CT molecular complexity index is 982. The fraction of sp³-hybridized carbons (Fsp3) is 0.381. The Labute approximate surface area is 170 Å². The molecule has 29 heavy (non-hydrogen) atoms. The second-order valence-electron chi connectivity index (χ2n) is 7.44. The molecule has 1 saturated heterocycles. The van der Waals surface area contributed by atoms with Gasteiger partial charge in [0.2, 0.25) is 5.95 Å². The van der Waals surface area contributed by atoms with Crippen LogP contribution in [0.3, 0.4) is 0 Å². The lowest BCUT2D eigenvalue weighted by molar-refractivity contribution is 0.0616. The molecule has 0 aliphatic carbocycles. The Morgan fingerprint density at radius 2 is 1.79 bits per heavy atom. The van der Waals surface area contributed by atoms with Crippen molar-refractivity contribution < 1.29 is 4.79 Å². The van der Waals surface area contributed by atoms with Crippen LogP contribution in [0.4, 0.5) is 5.95 Å². The molecule has 1 N–H and O–H groups in total. The van der Waals surface area contributed by atoms with Gasteiger partial charge in [0.25, 0.3) is 5.91 Å². The van der Waals surface area contributed by atoms with E-state index in [0.717, 1.165) is 24.2 Å². The highest BCUT2D eigenvalue weighted by atomic mass is 16.2. The molecule has 1 aromatic carbocycles. The van der Waals surface area contributed by atoms with E-state index in [-0.39, 0.29) is 18.0 Å². The summed E-state index contributed by atoms with van der Waals surface area (Å²) in [6, 6.07) is 9.48. The normalized spacial score (nSPS) is 19.2. The summed E-state index contributed by atoms with van der Waals surface area (Å²) < 4.78 is 0. The second-order valence-corrected chi connectivity index (χ2v) is 7.44. The van der Waals surface area contributed by atoms with Gasteiger partial charge < -0.3 is 10.2 Å². The first-order valence-corrected chi connectivity index (χ1v) is 9.88. The van der Waals surface area contributed by atoms with Gasteiger partial charge in [-0.15, -0.1) is 0 Å². The maximum absolute atomic E-state index is 13.4. The molecular formula is C21H25N7O. The van der Waals surface area contributed by atoms with Crippen molar-refractivity contribution in [3.05, 3.63) is 59.7 Å². The minimum atomic E-state index is -0.0155. The third kappa shape index (κ3) is 3.96. The highest BCUT2D eigenvalue weighted by molar-refractivity contribution is 5.98. The zero-order valence-corrected chi connectivity index (χ0v) is 16.9. The Balaban J connectivity index is 1.57. The first-order valence-electron chi connectivity index (χ1n) is 9.88. The lowest BCUT2D eigenvalue weighted by atomic mass is 9.96. The molecule has 3 heterocycles. The lowest BCUT2D eigenvalue weighted by Crippen LogP contribution is -2.52. The van der Waals surface area contributed by atoms with Crippen LogP contribution in [0.2, 0.25) is 0 Å². The first kappa shape index (κ1) is 19.0. The molecule has 2 unspecified atom stereocenters. The van der Waals surface area contributed by atoms with Crippen molar-refractivity contribution in [3.63, 3.8) is 0 Å². The van der Waals surface area contributed by atoms with Gasteiger partial charge in [-0.2, -0.15) is 15.0 Å². The maximum atomic E-state index is 13.4. The average molecular weight is 391 g/mol. The number of likely N-dealkylation sites (tertiary alicyclic amines) is 1. The van der Waals surface area contributed by atoms with Crippen molar-refractivity contribution in [3.8, 4) is 5.69 Å². The SMILES string of the molecule is Cc1cc(C)nc(NC2CCCN(C(=O)c3ccccc3-n3nccn3)C2C)n1. The molecule has 0 radical (unpaired) electrons. The number of nitrogens with zero attached hydrogens (tertiary/aromatic N) is 6. The summed E-state index contributed by atoms with van der Waals surface area (Å²) in [7, 11) is 0. The third-order valence-corrected chi connectivity index (χ3v) is 5.31. The lowest BCUT2D eigenvalue weighted by Gasteiger charge is -2.40. The fourth-order valence-corrected chi connectivity index (χ4v) is 3.90. The molecule has 2 atom stereocenters. The molecule has 1 fully saturated rings. The molecule has 0 spiro atoms. The Hall–Kier alpha value is -3.29. The summed E-state index contributed by atoms with van der Waals surface area (Å²) in [6.07, 6.45) is 5.09. The zero-order chi connectivity index (χ0) is 20.4. The number of nitrogens with one attached hydrogen (secondary N) is 1. The molecule has 150 valence electrons. The van der Waals surface area contributed by atoms with Crippen LogP contribution < -0.4 is 5.32 Å². The van der Waals surface area contributed by atoms with Crippen molar-refractivity contribution in [2.24, 2.45) is 0 Å². The molecule has 8 heteroatoms. The summed E-state index contributed by atoms with van der Waals surface area (Å²) in [5, 5.41) is 11.8. The average Bonchev–Trinajstić information content (AvgIpc) is 3.23. The van der Waals surface area contributed by atoms with Crippen molar-refractivity contribution in [2.75, 3.05) is 11.9 Å². The molecule has 1 amide bonds. The number of hydrogen-bond donors (Lipinski definition) is 1. The number of aromatic nitrogens is 5. The Morgan fingerprint density at radius 1 is 1.10 bits per heavy atom. The van der Waals surface area contributed by atoms with Crippen molar-refractivity contribution in [1.29, 1.82) is 0 Å². The molecular weight excluding hydrogens is 366 g/mol. The van der Waals surface area contributed by atoms with Crippen LogP contribution >= 0.6 is 0 Å². The van der Waals surface area contributed by atoms with Gasteiger partial charge in [-0.05, 0) is 51.8 Å². The zero-order valence-electron chi connectivity index (χ0n) is 16.9. The van der Waals surface area contributed by atoms with Crippen LogP contribution in [0, 0.1) is 13.8 Å². The standard InChI is InChI=1S/C21H25N7O/c1-14-13-15(2)25-21(24-14)26-18-8-6-12-27(16(18)3)20(29)17-7-4-5-9-19(17)28-22-10-11-23-28/h4-5,7,9-11,13,16,18H,6,8,12H2,1-3H3,(H,24,25,26). The summed E-state index contributed by atoms with van der Waals surface area (Å²) >= 11 is 0. The predicted octanol–water partition coefficient (Wildman–Crippen LogP) is 2.78. The van der Waals surface area contributed by atoms with Crippen LogP contribution in [0.5, 0.6) is 0 Å². The quantitative estimate of drug-likeness (QED) is 0.736. The number of aryl methyl sites for hydroxylation is 2. The van der Waals surface area contributed by atoms with E-state index in [9.17, 15) is 4.79 Å². The van der Waals surface area contributed by atoms with Crippen molar-refractivity contribution in [1.82, 2.24) is 29.9 Å². The van der Waals surface area contributed by atoms with E-state index in [2.05, 4.69) is 32.4 Å². The maximum Gasteiger partial charge on any atom is 0.256 e. The summed E-state index contributed by atoms with van der Waals surface area (Å²) in [6.45, 7) is 6.71. The Morgan fingerprint density at radius 3 is 2.52 bits per heavy atom. The van der Waals surface area contributed by atoms with Crippen LogP contribution in [0.1, 0.15) is 41.5 Å². The second kappa shape index (κ2) is 7.98. The number of hydrogen-bond acceptors (Lipinski definition) is 6. The van der Waals surface area contributed by atoms with E-state index in [4.69, 9.17) is 0 Å². The molecule has 3 aromatic rings. The third-order valence-electron chi connectivity index (χ3n) is 5.31. The first-order chi connectivity index (χ1) is 14.0. The smallest absolute Gasteiger partial charge is 0.256 e. The highest BCUT2D eigenvalue weighted by Gasteiger charge is 2.33. The molecule has 1 aliphatic rings. The number of benzene rings is 1. The van der Waals surface area contributed by atoms with Gasteiger partial charge in [0.05, 0.1) is 23.6 Å². The van der Waals surface area contributed by atoms with E-state index in [1.54, 1.807) is 12.4 Å². The molecule has 8 nitrogen and oxygen atoms in total. The van der Waals surface area contributed by atoms with E-state index in [1.165, 1.54) is 4.80 Å². The number of carbonyl (C=O) groups is 1. The van der Waals surface area contributed by atoms with Gasteiger partial charge >= 0.3 is 0 Å². The monoisotopic (exact) mass is 391 g/mol. The number of para-hydroxylation sites is 1. The molecule has 0 bridgehead atoms. The van der Waals surface area contributed by atoms with Crippen LogP contribution in [-0.2, 0) is 0 Å². The van der Waals surface area contributed by atoms with Crippen molar-refractivity contribution in [2.45, 2.75) is 45.7 Å². The Kier molecular flexibility index (Phi) is 5.24. The van der Waals surface area contributed by atoms with Gasteiger partial charge in [0.15, 0.2) is 0 Å². The summed E-state index contributed by atoms with van der Waals surface area (Å²) in [4.78, 5) is 25.8. The predicted molar refractivity (Wildman–Crippen MR) is 110 cm³/mol. The van der Waals surface area contributed by atoms with Crippen LogP contribution in [-0.4, -0.2) is 54.4 Å². The molecule has 0 saturated carbocycles. The van der Waals surface area contributed by atoms with Gasteiger partial charge in [0.1, 0.15) is 0 Å². The minimum Gasteiger partial charge on any atom is -0.349 e. The van der Waals surface area contributed by atoms with Gasteiger partial charge in [0, 0.05) is 30.0 Å². The van der Waals surface area contributed by atoms with E-state index in [0.29, 0.717) is 23.7 Å². The number of amides is 1. The molecule has 1 aliphatic heterocycles. The van der Waals surface area contributed by atoms with Gasteiger partial charge in [-0.1, -0.05) is 12.1 Å². The molecule has 4 rings (SSSR count). The van der Waals surface area contributed by atoms with Gasteiger partial charge in [-0.3, -0.25) is 4.79 Å². The highest BCUT2D eigenvalue weighted by Crippen LogP contribution is 2.24.